The highest BCUT2D eigenvalue weighted by Gasteiger charge is 2.25. The van der Waals surface area contributed by atoms with E-state index in [-0.39, 0.29) is 11.8 Å². The first-order chi connectivity index (χ1) is 11.5. The van der Waals surface area contributed by atoms with Gasteiger partial charge in [0.05, 0.1) is 16.8 Å². The van der Waals surface area contributed by atoms with Crippen LogP contribution < -0.4 is 10.7 Å². The summed E-state index contributed by atoms with van der Waals surface area (Å²) < 4.78 is 0. The number of rotatable bonds is 6. The molecule has 0 aliphatic carbocycles. The third-order valence-corrected chi connectivity index (χ3v) is 4.40. The molecule has 1 heterocycles. The van der Waals surface area contributed by atoms with Crippen LogP contribution in [0.1, 0.15) is 29.1 Å². The Hall–Kier alpha value is -2.18. The number of amides is 2. The zero-order chi connectivity index (χ0) is 17.5. The van der Waals surface area contributed by atoms with Gasteiger partial charge in [-0.3, -0.25) is 9.59 Å². The number of nitrogens with zero attached hydrogens (tertiary/aromatic N) is 1. The quantitative estimate of drug-likeness (QED) is 0.610. The molecule has 2 rings (SSSR count). The largest absolute Gasteiger partial charge is 0.340 e. The highest BCUT2D eigenvalue weighted by molar-refractivity contribution is 7.11. The first-order valence-electron chi connectivity index (χ1n) is 7.41. The van der Waals surface area contributed by atoms with Gasteiger partial charge in [0.15, 0.2) is 0 Å². The average Bonchev–Trinajstić information content (AvgIpc) is 3.05. The van der Waals surface area contributed by atoms with Crippen molar-refractivity contribution in [1.29, 1.82) is 0 Å². The summed E-state index contributed by atoms with van der Waals surface area (Å²) in [7, 11) is 0. The first kappa shape index (κ1) is 18.2. The molecule has 0 aliphatic heterocycles. The van der Waals surface area contributed by atoms with Gasteiger partial charge in [-0.25, -0.2) is 5.43 Å². The number of thiophene rings is 1. The van der Waals surface area contributed by atoms with Crippen molar-refractivity contribution < 1.29 is 9.59 Å². The van der Waals surface area contributed by atoms with Crippen LogP contribution in [0.5, 0.6) is 0 Å². The SMILES string of the molecule is CC(C)C(NC(=O)c1ccccc1Cl)C(=O)NN=Cc1cccs1. The fraction of sp³-hybridized carbons (Fsp3) is 0.235. The summed E-state index contributed by atoms with van der Waals surface area (Å²) in [6.07, 6.45) is 1.57. The Morgan fingerprint density at radius 1 is 1.21 bits per heavy atom. The van der Waals surface area contributed by atoms with E-state index < -0.39 is 11.9 Å². The predicted molar refractivity (Wildman–Crippen MR) is 97.6 cm³/mol. The summed E-state index contributed by atoms with van der Waals surface area (Å²) in [5.41, 5.74) is 2.80. The van der Waals surface area contributed by atoms with E-state index in [2.05, 4.69) is 15.8 Å². The van der Waals surface area contributed by atoms with Gasteiger partial charge in [0.25, 0.3) is 11.8 Å². The molecule has 24 heavy (non-hydrogen) atoms. The average molecular weight is 364 g/mol. The molecule has 5 nitrogen and oxygen atoms in total. The van der Waals surface area contributed by atoms with E-state index in [1.165, 1.54) is 11.3 Å². The molecular weight excluding hydrogens is 346 g/mol. The lowest BCUT2D eigenvalue weighted by molar-refractivity contribution is -0.123. The Kier molecular flexibility index (Phi) is 6.52. The number of hydrazone groups is 1. The van der Waals surface area contributed by atoms with Gasteiger partial charge >= 0.3 is 0 Å². The Labute approximate surface area is 149 Å². The minimum Gasteiger partial charge on any atom is -0.340 e. The van der Waals surface area contributed by atoms with E-state index in [0.717, 1.165) is 4.88 Å². The zero-order valence-electron chi connectivity index (χ0n) is 13.3. The topological polar surface area (TPSA) is 70.6 Å². The second kappa shape index (κ2) is 8.61. The molecule has 2 amide bonds. The van der Waals surface area contributed by atoms with Gasteiger partial charge in [-0.1, -0.05) is 43.6 Å². The standard InChI is InChI=1S/C17H18ClN3O2S/c1-11(2)15(17(23)21-19-10-12-6-5-9-24-12)20-16(22)13-7-3-4-8-14(13)18/h3-11,15H,1-2H3,(H,20,22)(H,21,23). The summed E-state index contributed by atoms with van der Waals surface area (Å²) in [4.78, 5) is 25.6. The Morgan fingerprint density at radius 2 is 1.96 bits per heavy atom. The molecule has 0 fully saturated rings. The summed E-state index contributed by atoms with van der Waals surface area (Å²) in [5.74, 6) is -0.872. The van der Waals surface area contributed by atoms with Crippen molar-refractivity contribution in [3.8, 4) is 0 Å². The second-order valence-electron chi connectivity index (χ2n) is 5.42. The number of carbonyl (C=O) groups is 2. The monoisotopic (exact) mass is 363 g/mol. The molecule has 0 spiro atoms. The van der Waals surface area contributed by atoms with Crippen LogP contribution in [0.4, 0.5) is 0 Å². The van der Waals surface area contributed by atoms with Crippen LogP contribution in [0.3, 0.4) is 0 Å². The minimum absolute atomic E-state index is 0.103. The molecule has 0 saturated heterocycles. The van der Waals surface area contributed by atoms with Crippen molar-refractivity contribution in [2.24, 2.45) is 11.0 Å². The summed E-state index contributed by atoms with van der Waals surface area (Å²) in [5, 5.41) is 8.90. The highest BCUT2D eigenvalue weighted by atomic mass is 35.5. The van der Waals surface area contributed by atoms with Crippen molar-refractivity contribution in [3.05, 3.63) is 57.2 Å². The molecule has 1 unspecified atom stereocenters. The number of halogens is 1. The fourth-order valence-electron chi connectivity index (χ4n) is 1.99. The van der Waals surface area contributed by atoms with E-state index in [0.29, 0.717) is 10.6 Å². The van der Waals surface area contributed by atoms with Crippen LogP contribution in [0.15, 0.2) is 46.9 Å². The maximum absolute atomic E-state index is 12.3. The van der Waals surface area contributed by atoms with E-state index in [9.17, 15) is 9.59 Å². The van der Waals surface area contributed by atoms with Crippen LogP contribution in [0.2, 0.25) is 5.02 Å². The lowest BCUT2D eigenvalue weighted by Gasteiger charge is -2.20. The molecule has 1 atom stereocenters. The predicted octanol–water partition coefficient (Wildman–Crippen LogP) is 3.31. The minimum atomic E-state index is -0.714. The molecule has 1 aromatic carbocycles. The number of benzene rings is 1. The molecule has 0 saturated carbocycles. The molecule has 7 heteroatoms. The smallest absolute Gasteiger partial charge is 0.262 e. The van der Waals surface area contributed by atoms with Crippen molar-refractivity contribution >= 4 is 41.0 Å². The van der Waals surface area contributed by atoms with Crippen LogP contribution >= 0.6 is 22.9 Å². The third kappa shape index (κ3) is 4.91. The number of hydrogen-bond donors (Lipinski definition) is 2. The van der Waals surface area contributed by atoms with Gasteiger partial charge in [-0.15, -0.1) is 11.3 Å². The Balaban J connectivity index is 2.02. The van der Waals surface area contributed by atoms with Crippen LogP contribution in [-0.2, 0) is 4.79 Å². The van der Waals surface area contributed by atoms with Crippen molar-refractivity contribution in [2.75, 3.05) is 0 Å². The van der Waals surface area contributed by atoms with E-state index in [1.807, 2.05) is 31.4 Å². The van der Waals surface area contributed by atoms with Crippen molar-refractivity contribution in [3.63, 3.8) is 0 Å². The third-order valence-electron chi connectivity index (χ3n) is 3.26. The van der Waals surface area contributed by atoms with Gasteiger partial charge in [0.1, 0.15) is 6.04 Å². The molecular formula is C17H18ClN3O2S. The van der Waals surface area contributed by atoms with Gasteiger partial charge < -0.3 is 5.32 Å². The van der Waals surface area contributed by atoms with Crippen LogP contribution in [-0.4, -0.2) is 24.1 Å². The van der Waals surface area contributed by atoms with Gasteiger partial charge in [-0.05, 0) is 29.5 Å². The number of carbonyl (C=O) groups excluding carboxylic acids is 2. The highest BCUT2D eigenvalue weighted by Crippen LogP contribution is 2.15. The van der Waals surface area contributed by atoms with E-state index in [1.54, 1.807) is 30.5 Å². The molecule has 1 aromatic heterocycles. The maximum atomic E-state index is 12.3. The second-order valence-corrected chi connectivity index (χ2v) is 6.81. The van der Waals surface area contributed by atoms with Crippen molar-refractivity contribution in [1.82, 2.24) is 10.7 Å². The molecule has 2 N–H and O–H groups in total. The van der Waals surface area contributed by atoms with Crippen LogP contribution in [0.25, 0.3) is 0 Å². The van der Waals surface area contributed by atoms with Gasteiger partial charge in [0, 0.05) is 4.88 Å². The van der Waals surface area contributed by atoms with E-state index >= 15 is 0 Å². The Morgan fingerprint density at radius 3 is 2.58 bits per heavy atom. The normalized spacial score (nSPS) is 12.3. The fourth-order valence-corrected chi connectivity index (χ4v) is 2.80. The van der Waals surface area contributed by atoms with Gasteiger partial charge in [0.2, 0.25) is 0 Å². The number of hydrogen-bond acceptors (Lipinski definition) is 4. The van der Waals surface area contributed by atoms with Gasteiger partial charge in [-0.2, -0.15) is 5.10 Å². The van der Waals surface area contributed by atoms with E-state index in [4.69, 9.17) is 11.6 Å². The zero-order valence-corrected chi connectivity index (χ0v) is 14.9. The van der Waals surface area contributed by atoms with Crippen molar-refractivity contribution in [2.45, 2.75) is 19.9 Å². The first-order valence-corrected chi connectivity index (χ1v) is 8.66. The summed E-state index contributed by atoms with van der Waals surface area (Å²) >= 11 is 7.53. The maximum Gasteiger partial charge on any atom is 0.262 e. The molecule has 0 bridgehead atoms. The summed E-state index contributed by atoms with van der Waals surface area (Å²) in [6.45, 7) is 3.69. The number of nitrogens with one attached hydrogen (secondary N) is 2. The lowest BCUT2D eigenvalue weighted by Crippen LogP contribution is -2.48. The molecule has 0 aliphatic rings. The van der Waals surface area contributed by atoms with Crippen LogP contribution in [0, 0.1) is 5.92 Å². The molecule has 0 radical (unpaired) electrons. The lowest BCUT2D eigenvalue weighted by atomic mass is 10.0. The molecule has 126 valence electrons. The summed E-state index contributed by atoms with van der Waals surface area (Å²) in [6, 6.07) is 9.78. The molecule has 2 aromatic rings. The Bertz CT molecular complexity index is 729.